The molecular formula is C16H16N4O5. The molecule has 9 nitrogen and oxygen atoms in total. The topological polar surface area (TPSA) is 127 Å². The minimum Gasteiger partial charge on any atom is -0.359 e. The van der Waals surface area contributed by atoms with E-state index in [9.17, 15) is 25.0 Å². The van der Waals surface area contributed by atoms with Crippen LogP contribution in [0.2, 0.25) is 0 Å². The molecule has 0 heterocycles. The summed E-state index contributed by atoms with van der Waals surface area (Å²) in [5.74, 6) is -0.0521. The molecule has 0 aliphatic heterocycles. The normalized spacial score (nSPS) is 10.1. The summed E-state index contributed by atoms with van der Waals surface area (Å²) >= 11 is 0. The van der Waals surface area contributed by atoms with Crippen LogP contribution in [0.5, 0.6) is 0 Å². The van der Waals surface area contributed by atoms with Crippen LogP contribution in [0.4, 0.5) is 22.7 Å². The summed E-state index contributed by atoms with van der Waals surface area (Å²) in [4.78, 5) is 31.8. The van der Waals surface area contributed by atoms with Crippen LogP contribution in [0.25, 0.3) is 0 Å². The highest BCUT2D eigenvalue weighted by atomic mass is 16.6. The van der Waals surface area contributed by atoms with Gasteiger partial charge in [0, 0.05) is 25.2 Å². The Hall–Kier alpha value is -3.49. The van der Waals surface area contributed by atoms with Gasteiger partial charge in [0.15, 0.2) is 0 Å². The molecule has 0 unspecified atom stereocenters. The molecule has 2 rings (SSSR count). The van der Waals surface area contributed by atoms with Crippen molar-refractivity contribution >= 4 is 28.7 Å². The fraction of sp³-hybridized carbons (Fsp3) is 0.188. The number of nitro benzene ring substituents is 2. The number of carbonyl (C=O) groups excluding carboxylic acids is 1. The number of anilines is 2. The van der Waals surface area contributed by atoms with Crippen molar-refractivity contribution in [1.82, 2.24) is 5.32 Å². The molecule has 0 aromatic heterocycles. The van der Waals surface area contributed by atoms with Crippen molar-refractivity contribution in [2.75, 3.05) is 12.4 Å². The van der Waals surface area contributed by atoms with E-state index in [-0.39, 0.29) is 23.0 Å². The molecule has 9 heteroatoms. The Kier molecular flexibility index (Phi) is 5.62. The number of rotatable bonds is 7. The second kappa shape index (κ2) is 7.86. The van der Waals surface area contributed by atoms with Gasteiger partial charge < -0.3 is 10.6 Å². The number of amides is 1. The van der Waals surface area contributed by atoms with Gasteiger partial charge in [0.05, 0.1) is 15.9 Å². The lowest BCUT2D eigenvalue weighted by atomic mass is 10.1. The Labute approximate surface area is 143 Å². The molecule has 2 N–H and O–H groups in total. The lowest BCUT2D eigenvalue weighted by molar-refractivity contribution is -0.393. The number of aryl methyl sites for hydroxylation is 1. The molecule has 25 heavy (non-hydrogen) atoms. The van der Waals surface area contributed by atoms with E-state index < -0.39 is 9.85 Å². The monoisotopic (exact) mass is 344 g/mol. The predicted octanol–water partition coefficient (Wildman–Crippen LogP) is 2.93. The highest BCUT2D eigenvalue weighted by Crippen LogP contribution is 2.31. The van der Waals surface area contributed by atoms with E-state index >= 15 is 0 Å². The minimum absolute atomic E-state index is 0.0521. The number of nitrogens with zero attached hydrogens (tertiary/aromatic N) is 2. The molecular weight excluding hydrogens is 328 g/mol. The number of hydrogen-bond acceptors (Lipinski definition) is 6. The molecule has 1 amide bonds. The average molecular weight is 344 g/mol. The zero-order chi connectivity index (χ0) is 18.4. The first-order valence-corrected chi connectivity index (χ1v) is 7.40. The maximum absolute atomic E-state index is 11.2. The number of hydrogen-bond donors (Lipinski definition) is 2. The number of nitrogens with one attached hydrogen (secondary N) is 2. The molecule has 2 aromatic carbocycles. The van der Waals surface area contributed by atoms with Crippen molar-refractivity contribution < 1.29 is 14.6 Å². The smallest absolute Gasteiger partial charge is 0.299 e. The van der Waals surface area contributed by atoms with Crippen molar-refractivity contribution in [3.63, 3.8) is 0 Å². The number of benzene rings is 2. The van der Waals surface area contributed by atoms with E-state index in [1.165, 1.54) is 12.1 Å². The van der Waals surface area contributed by atoms with Gasteiger partial charge in [0.2, 0.25) is 5.91 Å². The fourth-order valence-corrected chi connectivity index (χ4v) is 2.18. The Morgan fingerprint density at radius 2 is 1.72 bits per heavy atom. The van der Waals surface area contributed by atoms with E-state index in [1.54, 1.807) is 19.2 Å². The Bertz CT molecular complexity index is 805. The van der Waals surface area contributed by atoms with Crippen LogP contribution in [-0.4, -0.2) is 22.8 Å². The summed E-state index contributed by atoms with van der Waals surface area (Å²) in [6.07, 6.45) is 0.953. The molecule has 0 aliphatic carbocycles. The molecule has 0 saturated carbocycles. The van der Waals surface area contributed by atoms with Crippen LogP contribution in [0.3, 0.4) is 0 Å². The molecule has 130 valence electrons. The molecule has 0 atom stereocenters. The second-order valence-corrected chi connectivity index (χ2v) is 5.21. The standard InChI is InChI=1S/C16H16N4O5/c1-17-16(21)9-4-11-2-5-12(6-3-11)18-14-8-7-13(19(22)23)10-15(14)20(24)25/h2-3,5-8,10,18H,4,9H2,1H3,(H,17,21). The quantitative estimate of drug-likeness (QED) is 0.587. The molecule has 0 saturated heterocycles. The van der Waals surface area contributed by atoms with Crippen molar-refractivity contribution in [2.45, 2.75) is 12.8 Å². The van der Waals surface area contributed by atoms with Gasteiger partial charge in [0.25, 0.3) is 11.4 Å². The minimum atomic E-state index is -0.683. The third-order valence-electron chi connectivity index (χ3n) is 3.54. The van der Waals surface area contributed by atoms with Gasteiger partial charge in [-0.25, -0.2) is 0 Å². The van der Waals surface area contributed by atoms with Crippen molar-refractivity contribution in [3.8, 4) is 0 Å². The van der Waals surface area contributed by atoms with Crippen LogP contribution in [0.15, 0.2) is 42.5 Å². The molecule has 0 fully saturated rings. The predicted molar refractivity (Wildman–Crippen MR) is 91.9 cm³/mol. The second-order valence-electron chi connectivity index (χ2n) is 5.21. The number of carbonyl (C=O) groups is 1. The van der Waals surface area contributed by atoms with Gasteiger partial charge >= 0.3 is 0 Å². The third kappa shape index (κ3) is 4.74. The van der Waals surface area contributed by atoms with Gasteiger partial charge in [0.1, 0.15) is 5.69 Å². The van der Waals surface area contributed by atoms with Gasteiger partial charge in [-0.15, -0.1) is 0 Å². The lowest BCUT2D eigenvalue weighted by Crippen LogP contribution is -2.17. The molecule has 0 radical (unpaired) electrons. The summed E-state index contributed by atoms with van der Waals surface area (Å²) in [7, 11) is 1.58. The highest BCUT2D eigenvalue weighted by molar-refractivity contribution is 5.76. The maximum atomic E-state index is 11.2. The summed E-state index contributed by atoms with van der Waals surface area (Å²) in [5.41, 5.74) is 0.987. The van der Waals surface area contributed by atoms with Gasteiger partial charge in [-0.1, -0.05) is 12.1 Å². The van der Waals surface area contributed by atoms with E-state index in [1.807, 2.05) is 12.1 Å². The van der Waals surface area contributed by atoms with Gasteiger partial charge in [-0.3, -0.25) is 25.0 Å². The zero-order valence-electron chi connectivity index (χ0n) is 13.4. The van der Waals surface area contributed by atoms with Crippen LogP contribution >= 0.6 is 0 Å². The van der Waals surface area contributed by atoms with E-state index in [0.717, 1.165) is 11.6 Å². The first kappa shape index (κ1) is 17.9. The van der Waals surface area contributed by atoms with Gasteiger partial charge in [-0.2, -0.15) is 0 Å². The fourth-order valence-electron chi connectivity index (χ4n) is 2.18. The van der Waals surface area contributed by atoms with E-state index in [4.69, 9.17) is 0 Å². The molecule has 0 bridgehead atoms. The summed E-state index contributed by atoms with van der Waals surface area (Å²) < 4.78 is 0. The molecule has 0 spiro atoms. The van der Waals surface area contributed by atoms with E-state index in [2.05, 4.69) is 10.6 Å². The van der Waals surface area contributed by atoms with Crippen molar-refractivity contribution in [2.24, 2.45) is 0 Å². The third-order valence-corrected chi connectivity index (χ3v) is 3.54. The lowest BCUT2D eigenvalue weighted by Gasteiger charge is -2.08. The Morgan fingerprint density at radius 3 is 2.28 bits per heavy atom. The zero-order valence-corrected chi connectivity index (χ0v) is 13.4. The first-order valence-electron chi connectivity index (χ1n) is 7.40. The van der Waals surface area contributed by atoms with E-state index in [0.29, 0.717) is 18.5 Å². The van der Waals surface area contributed by atoms with Gasteiger partial charge in [-0.05, 0) is 30.2 Å². The highest BCUT2D eigenvalue weighted by Gasteiger charge is 2.19. The van der Waals surface area contributed by atoms with Crippen LogP contribution in [0.1, 0.15) is 12.0 Å². The van der Waals surface area contributed by atoms with Crippen LogP contribution in [0, 0.1) is 20.2 Å². The largest absolute Gasteiger partial charge is 0.359 e. The summed E-state index contributed by atoms with van der Waals surface area (Å²) in [5, 5.41) is 27.3. The number of nitro groups is 2. The summed E-state index contributed by atoms with van der Waals surface area (Å²) in [6, 6.07) is 10.5. The maximum Gasteiger partial charge on any atom is 0.299 e. The first-order chi connectivity index (χ1) is 11.9. The average Bonchev–Trinajstić information content (AvgIpc) is 2.60. The number of non-ortho nitro benzene ring substituents is 1. The van der Waals surface area contributed by atoms with Crippen LogP contribution < -0.4 is 10.6 Å². The van der Waals surface area contributed by atoms with Crippen LogP contribution in [-0.2, 0) is 11.2 Å². The van der Waals surface area contributed by atoms with Crippen molar-refractivity contribution in [1.29, 1.82) is 0 Å². The van der Waals surface area contributed by atoms with Crippen molar-refractivity contribution in [3.05, 3.63) is 68.3 Å². The SMILES string of the molecule is CNC(=O)CCc1ccc(Nc2ccc([N+](=O)[O-])cc2[N+](=O)[O-])cc1. The molecule has 2 aromatic rings. The Balaban J connectivity index is 2.15. The Morgan fingerprint density at radius 1 is 1.04 bits per heavy atom. The molecule has 0 aliphatic rings. The summed E-state index contributed by atoms with van der Waals surface area (Å²) in [6.45, 7) is 0.